The second kappa shape index (κ2) is 20.6. The normalized spacial score (nSPS) is 19.8. The number of carbonyl (C=O) groups is 4. The maximum Gasteiger partial charge on any atom is 0.408 e. The van der Waals surface area contributed by atoms with Gasteiger partial charge in [-0.3, -0.25) is 14.6 Å². The maximum atomic E-state index is 14.3. The van der Waals surface area contributed by atoms with Crippen molar-refractivity contribution in [3.63, 3.8) is 0 Å². The van der Waals surface area contributed by atoms with Crippen molar-refractivity contribution in [3.05, 3.63) is 115 Å². The fourth-order valence-corrected chi connectivity index (χ4v) is 10.2. The molecule has 4 fully saturated rings. The Morgan fingerprint density at radius 2 is 1.25 bits per heavy atom. The first-order valence-corrected chi connectivity index (χ1v) is 24.0. The number of H-pyrrole nitrogens is 2. The number of alkyl carbamates (subject to hydrolysis) is 2. The standard InChI is InChI=1S/C52H57N9O8/c1-66-51(64)58-46(35-17-23-67-24-18-35)50(63)61-22-6-10-44(61)48-55-31-42(57-48)38-27-37-16-15-36(28-40(37)53-29-38)32-11-13-33(14-12-32)41-30-54-47(56-41)43-9-5-21-60(43)49(62)45(34-7-3-2-4-8-34)59-52(65)69-39-19-25-68-26-20-39/h2-4,7-8,11-16,27-31,35,39,43-46H,5-6,9-10,17-26H2,1H3,(H,54,56)(H,55,57)(H,58,64)(H,59,65). The number of nitrogens with one attached hydrogen (secondary N) is 4. The van der Waals surface area contributed by atoms with Crippen LogP contribution in [0.4, 0.5) is 9.59 Å². The van der Waals surface area contributed by atoms with E-state index in [1.54, 1.807) is 6.20 Å². The Bertz CT molecular complexity index is 2770. The Labute approximate surface area is 399 Å². The summed E-state index contributed by atoms with van der Waals surface area (Å²) in [6.45, 7) is 3.30. The van der Waals surface area contributed by atoms with Gasteiger partial charge in [0.25, 0.3) is 5.91 Å². The minimum absolute atomic E-state index is 0.0408. The predicted molar refractivity (Wildman–Crippen MR) is 255 cm³/mol. The number of likely N-dealkylation sites (tertiary alicyclic amines) is 2. The van der Waals surface area contributed by atoms with Crippen LogP contribution in [0, 0.1) is 5.92 Å². The molecule has 4 atom stereocenters. The largest absolute Gasteiger partial charge is 0.453 e. The van der Waals surface area contributed by atoms with E-state index in [-0.39, 0.29) is 35.9 Å². The molecule has 358 valence electrons. The molecule has 4 amide bonds. The van der Waals surface area contributed by atoms with Crippen LogP contribution >= 0.6 is 0 Å². The minimum atomic E-state index is -0.909. The van der Waals surface area contributed by atoms with Crippen LogP contribution in [0.5, 0.6) is 0 Å². The minimum Gasteiger partial charge on any atom is -0.453 e. The molecule has 0 spiro atoms. The average Bonchev–Trinajstić information content (AvgIpc) is 4.26. The van der Waals surface area contributed by atoms with Gasteiger partial charge in [0.1, 0.15) is 29.8 Å². The van der Waals surface area contributed by atoms with Crippen LogP contribution in [0.2, 0.25) is 0 Å². The zero-order valence-corrected chi connectivity index (χ0v) is 38.6. The molecule has 4 aliphatic rings. The lowest BCUT2D eigenvalue weighted by Crippen LogP contribution is -2.53. The van der Waals surface area contributed by atoms with E-state index in [1.807, 2.05) is 52.5 Å². The number of hydrogen-bond donors (Lipinski definition) is 4. The highest BCUT2D eigenvalue weighted by Crippen LogP contribution is 2.37. The van der Waals surface area contributed by atoms with Crippen molar-refractivity contribution in [1.82, 2.24) is 45.4 Å². The van der Waals surface area contributed by atoms with Gasteiger partial charge < -0.3 is 49.3 Å². The molecule has 3 aromatic heterocycles. The number of hydrogen-bond acceptors (Lipinski definition) is 11. The number of fused-ring (bicyclic) bond motifs is 1. The summed E-state index contributed by atoms with van der Waals surface area (Å²) in [7, 11) is 1.31. The van der Waals surface area contributed by atoms with Crippen LogP contribution in [0.25, 0.3) is 44.5 Å². The van der Waals surface area contributed by atoms with Crippen molar-refractivity contribution in [2.24, 2.45) is 5.92 Å². The Hall–Kier alpha value is -7.11. The lowest BCUT2D eigenvalue weighted by Gasteiger charge is -2.34. The molecule has 4 N–H and O–H groups in total. The summed E-state index contributed by atoms with van der Waals surface area (Å²) in [6, 6.07) is 23.7. The van der Waals surface area contributed by atoms with Crippen molar-refractivity contribution >= 4 is 34.9 Å². The van der Waals surface area contributed by atoms with E-state index in [9.17, 15) is 19.2 Å². The Balaban J connectivity index is 0.797. The molecule has 3 aromatic carbocycles. The number of aromatic nitrogens is 5. The molecule has 17 nitrogen and oxygen atoms in total. The number of imidazole rings is 2. The maximum absolute atomic E-state index is 14.3. The first kappa shape index (κ1) is 45.7. The number of aromatic amines is 2. The van der Waals surface area contributed by atoms with Gasteiger partial charge in [-0.1, -0.05) is 66.7 Å². The zero-order chi connectivity index (χ0) is 47.3. The number of carbonyl (C=O) groups excluding carboxylic acids is 4. The number of pyridine rings is 1. The number of amides is 4. The fraction of sp³-hybridized carbons (Fsp3) is 0.404. The summed E-state index contributed by atoms with van der Waals surface area (Å²) in [4.78, 5) is 78.7. The van der Waals surface area contributed by atoms with Crippen LogP contribution in [-0.4, -0.2) is 117 Å². The molecule has 0 saturated carbocycles. The molecule has 69 heavy (non-hydrogen) atoms. The Morgan fingerprint density at radius 3 is 1.91 bits per heavy atom. The summed E-state index contributed by atoms with van der Waals surface area (Å²) >= 11 is 0. The quantitative estimate of drug-likeness (QED) is 0.0931. The summed E-state index contributed by atoms with van der Waals surface area (Å²) in [5.41, 5.74) is 7.06. The predicted octanol–water partition coefficient (Wildman–Crippen LogP) is 7.81. The van der Waals surface area contributed by atoms with Gasteiger partial charge >= 0.3 is 12.2 Å². The first-order valence-electron chi connectivity index (χ1n) is 24.0. The second-order valence-corrected chi connectivity index (χ2v) is 18.2. The van der Waals surface area contributed by atoms with Gasteiger partial charge in [-0.25, -0.2) is 19.6 Å². The summed E-state index contributed by atoms with van der Waals surface area (Å²) in [5.74, 6) is 1.02. The topological polar surface area (TPSA) is 206 Å². The van der Waals surface area contributed by atoms with Crippen molar-refractivity contribution in [3.8, 4) is 33.6 Å². The van der Waals surface area contributed by atoms with Gasteiger partial charge in [-0.15, -0.1) is 0 Å². The van der Waals surface area contributed by atoms with E-state index in [0.717, 1.165) is 70.2 Å². The van der Waals surface area contributed by atoms with Gasteiger partial charge in [0.15, 0.2) is 0 Å². The molecule has 4 unspecified atom stereocenters. The number of benzene rings is 3. The van der Waals surface area contributed by atoms with E-state index in [4.69, 9.17) is 33.9 Å². The third-order valence-electron chi connectivity index (χ3n) is 14.0. The van der Waals surface area contributed by atoms with Gasteiger partial charge in [0.05, 0.1) is 61.7 Å². The van der Waals surface area contributed by atoms with Gasteiger partial charge in [-0.2, -0.15) is 0 Å². The molecule has 0 radical (unpaired) electrons. The van der Waals surface area contributed by atoms with Crippen molar-refractivity contribution in [2.45, 2.75) is 81.6 Å². The van der Waals surface area contributed by atoms with Gasteiger partial charge in [0.2, 0.25) is 5.91 Å². The summed E-state index contributed by atoms with van der Waals surface area (Å²) in [5, 5.41) is 6.66. The van der Waals surface area contributed by atoms with Crippen molar-refractivity contribution in [2.75, 3.05) is 46.6 Å². The third kappa shape index (κ3) is 10.1. The van der Waals surface area contributed by atoms with Gasteiger partial charge in [-0.05, 0) is 78.8 Å². The number of ether oxygens (including phenoxy) is 4. The molecular formula is C52H57N9O8. The van der Waals surface area contributed by atoms with Crippen LogP contribution in [0.15, 0.2) is 97.5 Å². The first-order chi connectivity index (χ1) is 33.8. The molecule has 7 heterocycles. The van der Waals surface area contributed by atoms with Crippen LogP contribution < -0.4 is 10.6 Å². The smallest absolute Gasteiger partial charge is 0.408 e. The fourth-order valence-electron chi connectivity index (χ4n) is 10.2. The second-order valence-electron chi connectivity index (χ2n) is 18.2. The molecule has 4 aliphatic heterocycles. The van der Waals surface area contributed by atoms with Crippen molar-refractivity contribution in [1.29, 1.82) is 0 Å². The van der Waals surface area contributed by atoms with E-state index < -0.39 is 24.3 Å². The lowest BCUT2D eigenvalue weighted by atomic mass is 9.90. The monoisotopic (exact) mass is 935 g/mol. The van der Waals surface area contributed by atoms with E-state index >= 15 is 0 Å². The molecule has 0 aliphatic carbocycles. The van der Waals surface area contributed by atoms with Crippen LogP contribution in [0.1, 0.15) is 86.7 Å². The molecule has 10 rings (SSSR count). The number of methoxy groups -OCH3 is 1. The highest BCUT2D eigenvalue weighted by Gasteiger charge is 2.41. The van der Waals surface area contributed by atoms with E-state index in [1.165, 1.54) is 7.11 Å². The molecule has 6 aromatic rings. The van der Waals surface area contributed by atoms with Crippen LogP contribution in [0.3, 0.4) is 0 Å². The highest BCUT2D eigenvalue weighted by molar-refractivity contribution is 5.89. The highest BCUT2D eigenvalue weighted by atomic mass is 16.6. The lowest BCUT2D eigenvalue weighted by molar-refractivity contribution is -0.137. The summed E-state index contributed by atoms with van der Waals surface area (Å²) in [6.07, 6.45) is 9.70. The number of rotatable bonds is 12. The molecule has 4 saturated heterocycles. The zero-order valence-electron chi connectivity index (χ0n) is 38.6. The Morgan fingerprint density at radius 1 is 0.638 bits per heavy atom. The molecule has 17 heteroatoms. The average molecular weight is 936 g/mol. The summed E-state index contributed by atoms with van der Waals surface area (Å²) < 4.78 is 21.5. The molecule has 0 bridgehead atoms. The van der Waals surface area contributed by atoms with Crippen LogP contribution in [-0.2, 0) is 28.5 Å². The van der Waals surface area contributed by atoms with Crippen molar-refractivity contribution < 1.29 is 38.1 Å². The molecular weight excluding hydrogens is 879 g/mol. The van der Waals surface area contributed by atoms with E-state index in [0.29, 0.717) is 82.4 Å². The SMILES string of the molecule is COC(=O)NC(C(=O)N1CCCC1c1ncc(-c2cnc3cc(-c4ccc(-c5cnc(C6CCCN6C(=O)C(NC(=O)OC6CCOCC6)c6ccccc6)[nH]5)cc4)ccc3c2)[nH]1)C1CCOCC1. The van der Waals surface area contributed by atoms with Gasteiger partial charge in [0, 0.05) is 56.3 Å². The van der Waals surface area contributed by atoms with E-state index in [2.05, 4.69) is 69.1 Å². The number of nitrogens with zero attached hydrogens (tertiary/aromatic N) is 5. The Kier molecular flexibility index (Phi) is 13.7. The third-order valence-corrected chi connectivity index (χ3v) is 14.0.